The molecule has 1 aliphatic carbocycles. The van der Waals surface area contributed by atoms with Gasteiger partial charge in [0.05, 0.1) is 5.52 Å². The van der Waals surface area contributed by atoms with E-state index in [-0.39, 0.29) is 43.3 Å². The number of furan rings is 1. The van der Waals surface area contributed by atoms with Crippen LogP contribution in [0.25, 0.3) is 49.8 Å². The third kappa shape index (κ3) is 8.58. The third-order valence-corrected chi connectivity index (χ3v) is 10.2. The zero-order valence-electron chi connectivity index (χ0n) is 32.3. The quantitative estimate of drug-likeness (QED) is 0.0927. The molecule has 51 heavy (non-hydrogen) atoms. The molecule has 0 unspecified atom stereocenters. The number of allylic oxidation sites excluding steroid dienone is 2. The number of ketones is 1. The van der Waals surface area contributed by atoms with Gasteiger partial charge in [-0.15, -0.1) is 35.4 Å². The van der Waals surface area contributed by atoms with Crippen LogP contribution in [0.1, 0.15) is 112 Å². The normalized spacial score (nSPS) is 13.4. The first-order valence-corrected chi connectivity index (χ1v) is 18.9. The van der Waals surface area contributed by atoms with Crippen LogP contribution in [0.2, 0.25) is 0 Å². The molecule has 0 fully saturated rings. The maximum atomic E-state index is 12.2. The average molecular weight is 861 g/mol. The van der Waals surface area contributed by atoms with Crippen molar-refractivity contribution in [1.82, 2.24) is 4.98 Å². The van der Waals surface area contributed by atoms with E-state index >= 15 is 0 Å². The Balaban J connectivity index is 0.000000266. The summed E-state index contributed by atoms with van der Waals surface area (Å²) < 4.78 is 6.34. The minimum Gasteiger partial charge on any atom is -0.685 e. The number of nitrogens with zero attached hydrogens (tertiary/aromatic N) is 2. The van der Waals surface area contributed by atoms with E-state index in [0.717, 1.165) is 71.5 Å². The van der Waals surface area contributed by atoms with Crippen LogP contribution in [-0.2, 0) is 36.7 Å². The van der Waals surface area contributed by atoms with Crippen molar-refractivity contribution in [3.05, 3.63) is 107 Å². The molecule has 5 heteroatoms. The van der Waals surface area contributed by atoms with Crippen LogP contribution >= 0.6 is 0 Å². The van der Waals surface area contributed by atoms with Gasteiger partial charge in [-0.25, -0.2) is 0 Å². The van der Waals surface area contributed by atoms with Crippen molar-refractivity contribution in [3.8, 4) is 22.6 Å². The van der Waals surface area contributed by atoms with Gasteiger partial charge in [-0.05, 0) is 77.4 Å². The molecule has 1 radical (unpaired) electrons. The standard InChI is InChI=1S/C30H26NO.C16H31NO.Ir/c1-18(2)16-19-12-14-24-20(17-19)13-15-25(31-24)21-9-7-10-23-27(21)30(3,4)28-22-8-5-6-11-26(22)32-29(23)28;1-7-13(8-2)15(17-12(5)6)11-16(18)14(9-3)10-4;/h5-8,10-15,17-18H,16H2,1-4H3;11-14H,7-10H2,1-6H3,(H,17,18);/q-1;;/p-1. The molecule has 0 saturated heterocycles. The maximum Gasteiger partial charge on any atom is 0.157 e. The van der Waals surface area contributed by atoms with E-state index < -0.39 is 0 Å². The number of hydrogen-bond acceptors (Lipinski definition) is 3. The van der Waals surface area contributed by atoms with Gasteiger partial charge >= 0.3 is 0 Å². The van der Waals surface area contributed by atoms with Crippen molar-refractivity contribution < 1.29 is 29.3 Å². The maximum absolute atomic E-state index is 12.2. The monoisotopic (exact) mass is 861 g/mol. The molecule has 0 spiro atoms. The summed E-state index contributed by atoms with van der Waals surface area (Å²) in [5.74, 6) is 2.47. The van der Waals surface area contributed by atoms with Crippen LogP contribution in [0, 0.1) is 23.8 Å². The second-order valence-electron chi connectivity index (χ2n) is 15.1. The molecule has 0 saturated carbocycles. The summed E-state index contributed by atoms with van der Waals surface area (Å²) in [5, 5.41) is 7.03. The zero-order chi connectivity index (χ0) is 36.2. The number of carbonyl (C=O) groups excluding carboxylic acids is 1. The number of benzene rings is 3. The molecule has 6 rings (SSSR count). The SMILES string of the molecule is CC(C)Cc1ccc2nc(-c3[c-]ccc4c3C(C)(C)c3c-4oc4ccccc34)ccc2c1.CCC(CC)C(=O)/C=C(\[N-]C(C)C)C(CC)CC.[Ir]. The number of pyridine rings is 1. The number of carbonyl (C=O) groups is 1. The minimum absolute atomic E-state index is 0. The first-order chi connectivity index (χ1) is 23.9. The van der Waals surface area contributed by atoms with E-state index in [1.54, 1.807) is 0 Å². The molecule has 4 nitrogen and oxygen atoms in total. The van der Waals surface area contributed by atoms with Gasteiger partial charge in [0.2, 0.25) is 0 Å². The van der Waals surface area contributed by atoms with E-state index in [2.05, 4.69) is 135 Å². The second kappa shape index (κ2) is 17.3. The fourth-order valence-corrected chi connectivity index (χ4v) is 7.65. The van der Waals surface area contributed by atoms with Crippen LogP contribution in [-0.4, -0.2) is 16.8 Å². The van der Waals surface area contributed by atoms with Crippen molar-refractivity contribution in [3.63, 3.8) is 0 Å². The Morgan fingerprint density at radius 2 is 1.57 bits per heavy atom. The van der Waals surface area contributed by atoms with Crippen LogP contribution < -0.4 is 0 Å². The largest absolute Gasteiger partial charge is 0.685 e. The molecule has 0 bridgehead atoms. The number of rotatable bonds is 12. The molecule has 5 aromatic rings. The Kier molecular flexibility index (Phi) is 13.7. The van der Waals surface area contributed by atoms with Crippen LogP contribution in [0.3, 0.4) is 0 Å². The minimum atomic E-state index is -0.192. The molecular formula is C46H56IrN2O2-2. The molecule has 0 aliphatic heterocycles. The van der Waals surface area contributed by atoms with Gasteiger partial charge in [0.15, 0.2) is 5.78 Å². The summed E-state index contributed by atoms with van der Waals surface area (Å²) in [7, 11) is 0. The van der Waals surface area contributed by atoms with E-state index in [1.165, 1.54) is 27.5 Å². The first kappa shape index (κ1) is 40.2. The van der Waals surface area contributed by atoms with Gasteiger partial charge in [-0.2, -0.15) is 5.70 Å². The molecule has 273 valence electrons. The van der Waals surface area contributed by atoms with Crippen molar-refractivity contribution in [1.29, 1.82) is 0 Å². The zero-order valence-corrected chi connectivity index (χ0v) is 34.7. The summed E-state index contributed by atoms with van der Waals surface area (Å²) in [5.41, 5.74) is 9.87. The van der Waals surface area contributed by atoms with Gasteiger partial charge in [0, 0.05) is 37.0 Å². The number of hydrogen-bond donors (Lipinski definition) is 0. The summed E-state index contributed by atoms with van der Waals surface area (Å²) in [6, 6.07) is 27.2. The van der Waals surface area contributed by atoms with E-state index in [4.69, 9.17) is 9.40 Å². The molecule has 2 heterocycles. The summed E-state index contributed by atoms with van der Waals surface area (Å²) in [4.78, 5) is 17.3. The summed E-state index contributed by atoms with van der Waals surface area (Å²) in [6.07, 6.45) is 6.84. The smallest absolute Gasteiger partial charge is 0.157 e. The van der Waals surface area contributed by atoms with Gasteiger partial charge in [0.1, 0.15) is 11.3 Å². The van der Waals surface area contributed by atoms with Gasteiger partial charge in [-0.3, -0.25) is 9.78 Å². The Labute approximate surface area is 320 Å². The Hall–Kier alpha value is -3.53. The fraction of sp³-hybridized carbons (Fsp3) is 0.435. The Bertz CT molecular complexity index is 1970. The van der Waals surface area contributed by atoms with E-state index in [9.17, 15) is 4.79 Å². The average Bonchev–Trinajstić information content (AvgIpc) is 3.59. The van der Waals surface area contributed by atoms with Crippen molar-refractivity contribution in [2.24, 2.45) is 17.8 Å². The fourth-order valence-electron chi connectivity index (χ4n) is 7.65. The molecule has 0 amide bonds. The third-order valence-electron chi connectivity index (χ3n) is 10.2. The first-order valence-electron chi connectivity index (χ1n) is 18.9. The topological polar surface area (TPSA) is 57.2 Å². The summed E-state index contributed by atoms with van der Waals surface area (Å²) >= 11 is 0. The molecular weight excluding hydrogens is 805 g/mol. The van der Waals surface area contributed by atoms with Crippen LogP contribution in [0.4, 0.5) is 0 Å². The van der Waals surface area contributed by atoms with Crippen LogP contribution in [0.5, 0.6) is 0 Å². The number of aromatic nitrogens is 1. The molecule has 3 aromatic carbocycles. The summed E-state index contributed by atoms with van der Waals surface area (Å²) in [6.45, 7) is 21.7. The van der Waals surface area contributed by atoms with Gasteiger partial charge in [0.25, 0.3) is 0 Å². The van der Waals surface area contributed by atoms with Crippen molar-refractivity contribution in [2.45, 2.75) is 113 Å². The molecule has 0 atom stereocenters. The Morgan fingerprint density at radius 1 is 0.882 bits per heavy atom. The van der Waals surface area contributed by atoms with Crippen LogP contribution in [0.15, 0.2) is 82.9 Å². The Morgan fingerprint density at radius 3 is 2.22 bits per heavy atom. The van der Waals surface area contributed by atoms with Gasteiger partial charge < -0.3 is 9.73 Å². The second-order valence-corrected chi connectivity index (χ2v) is 15.1. The van der Waals surface area contributed by atoms with E-state index in [0.29, 0.717) is 11.8 Å². The van der Waals surface area contributed by atoms with Crippen molar-refractivity contribution in [2.75, 3.05) is 0 Å². The number of fused-ring (bicyclic) bond motifs is 6. The predicted octanol–water partition coefficient (Wildman–Crippen LogP) is 13.0. The van der Waals surface area contributed by atoms with Gasteiger partial charge in [-0.1, -0.05) is 124 Å². The molecule has 2 aromatic heterocycles. The van der Waals surface area contributed by atoms with E-state index in [1.807, 2.05) is 18.2 Å². The molecule has 0 N–H and O–H groups in total. The molecule has 1 aliphatic rings. The number of para-hydroxylation sites is 1. The van der Waals surface area contributed by atoms with Crippen molar-refractivity contribution >= 4 is 27.7 Å². The predicted molar refractivity (Wildman–Crippen MR) is 212 cm³/mol.